The first-order valence-corrected chi connectivity index (χ1v) is 12.4. The highest BCUT2D eigenvalue weighted by Crippen LogP contribution is 2.54. The molecule has 8 nitrogen and oxygen atoms in total. The van der Waals surface area contributed by atoms with Gasteiger partial charge in [-0.2, -0.15) is 10.1 Å². The second-order valence-electron chi connectivity index (χ2n) is 10.0. The zero-order chi connectivity index (χ0) is 23.1. The minimum atomic E-state index is -0.373. The van der Waals surface area contributed by atoms with Gasteiger partial charge in [-0.1, -0.05) is 12.8 Å². The molecule has 3 aromatic rings. The van der Waals surface area contributed by atoms with Crippen LogP contribution in [0.2, 0.25) is 0 Å². The molecule has 2 aliphatic heterocycles. The Morgan fingerprint density at radius 2 is 1.71 bits per heavy atom. The first-order chi connectivity index (χ1) is 16.6. The topological polar surface area (TPSA) is 90.0 Å². The van der Waals surface area contributed by atoms with E-state index in [0.717, 1.165) is 51.9 Å². The van der Waals surface area contributed by atoms with Crippen LogP contribution in [0.5, 0.6) is 0 Å². The van der Waals surface area contributed by atoms with Gasteiger partial charge in [0.05, 0.1) is 11.9 Å². The third-order valence-corrected chi connectivity index (χ3v) is 7.73. The van der Waals surface area contributed by atoms with Crippen molar-refractivity contribution in [2.75, 3.05) is 41.3 Å². The molecule has 1 aliphatic carbocycles. The van der Waals surface area contributed by atoms with E-state index in [1.54, 1.807) is 0 Å². The van der Waals surface area contributed by atoms with E-state index in [2.05, 4.69) is 30.3 Å². The molecule has 0 bridgehead atoms. The number of piperidine rings is 1. The second kappa shape index (κ2) is 8.52. The molecule has 0 radical (unpaired) electrons. The lowest BCUT2D eigenvalue weighted by Gasteiger charge is -2.34. The summed E-state index contributed by atoms with van der Waals surface area (Å²) in [6.07, 6.45) is 11.0. The van der Waals surface area contributed by atoms with Crippen molar-refractivity contribution in [1.82, 2.24) is 20.2 Å². The Balaban J connectivity index is 1.30. The molecule has 1 spiro atoms. The third-order valence-electron chi connectivity index (χ3n) is 7.73. The first-order valence-electron chi connectivity index (χ1n) is 12.4. The average Bonchev–Trinajstić information content (AvgIpc) is 3.64. The van der Waals surface area contributed by atoms with Gasteiger partial charge in [-0.05, 0) is 62.1 Å². The predicted octanol–water partition coefficient (Wildman–Crippen LogP) is 4.36. The number of fused-ring (bicyclic) bond motifs is 1. The Morgan fingerprint density at radius 3 is 2.41 bits per heavy atom. The fourth-order valence-electron chi connectivity index (χ4n) is 5.37. The molecule has 9 heteroatoms. The van der Waals surface area contributed by atoms with E-state index in [-0.39, 0.29) is 11.4 Å². The molecule has 2 saturated heterocycles. The van der Waals surface area contributed by atoms with E-state index in [1.807, 2.05) is 12.1 Å². The smallest absolute Gasteiger partial charge is 0.277 e. The molecule has 0 unspecified atom stereocenters. The molecule has 1 aromatic carbocycles. The van der Waals surface area contributed by atoms with Crippen LogP contribution in [0.15, 0.2) is 29.2 Å². The quantitative estimate of drug-likeness (QED) is 0.594. The highest BCUT2D eigenvalue weighted by Gasteiger charge is 2.44. The molecule has 34 heavy (non-hydrogen) atoms. The lowest BCUT2D eigenvalue weighted by atomic mass is 9.93. The molecule has 178 valence electrons. The highest BCUT2D eigenvalue weighted by molar-refractivity contribution is 5.90. The van der Waals surface area contributed by atoms with Gasteiger partial charge in [0.25, 0.3) is 5.56 Å². The minimum absolute atomic E-state index is 0.265. The maximum Gasteiger partial charge on any atom is 0.277 e. The van der Waals surface area contributed by atoms with Crippen LogP contribution in [0.1, 0.15) is 51.4 Å². The van der Waals surface area contributed by atoms with Crippen molar-refractivity contribution in [1.29, 1.82) is 0 Å². The Bertz CT molecular complexity index is 1250. The fourth-order valence-corrected chi connectivity index (χ4v) is 5.37. The van der Waals surface area contributed by atoms with Crippen LogP contribution >= 0.6 is 0 Å². The van der Waals surface area contributed by atoms with E-state index in [9.17, 15) is 4.79 Å². The Morgan fingerprint density at radius 1 is 0.941 bits per heavy atom. The number of hydrogen-bond donors (Lipinski definition) is 2. The summed E-state index contributed by atoms with van der Waals surface area (Å²) < 4.78 is 15.2. The molecule has 4 heterocycles. The molecule has 3 fully saturated rings. The first kappa shape index (κ1) is 21.3. The minimum Gasteiger partial charge on any atom is -0.369 e. The van der Waals surface area contributed by atoms with Crippen LogP contribution in [-0.4, -0.2) is 46.3 Å². The monoisotopic (exact) mass is 463 g/mol. The SMILES string of the molecule is O=c1[nH]ncc2nc(N3CCCCCC3)nc(Nc3ccc(N4CCC5(CC4)CC5)c(F)c3)c12. The van der Waals surface area contributed by atoms with Crippen LogP contribution in [0, 0.1) is 11.2 Å². The number of anilines is 4. The van der Waals surface area contributed by atoms with Crippen molar-refractivity contribution in [2.45, 2.75) is 51.4 Å². The summed E-state index contributed by atoms with van der Waals surface area (Å²) in [5.41, 5.74) is 1.84. The van der Waals surface area contributed by atoms with Gasteiger partial charge in [-0.15, -0.1) is 0 Å². The number of nitrogens with one attached hydrogen (secondary N) is 2. The molecular formula is C25H30FN7O. The van der Waals surface area contributed by atoms with Crippen molar-refractivity contribution in [3.63, 3.8) is 0 Å². The molecule has 1 saturated carbocycles. The maximum atomic E-state index is 15.2. The number of H-pyrrole nitrogens is 1. The standard InChI is InChI=1S/C25H30FN7O/c26-18-15-17(5-6-20(18)32-13-9-25(7-8-25)10-14-32)28-22-21-19(16-27-31-23(21)34)29-24(30-22)33-11-3-1-2-4-12-33/h5-6,15-16H,1-4,7-14H2,(H,31,34)(H,28,29,30). The fraction of sp³-hybridized carbons (Fsp3) is 0.520. The molecule has 2 N–H and O–H groups in total. The average molecular weight is 464 g/mol. The number of hydrogen-bond acceptors (Lipinski definition) is 7. The number of benzene rings is 1. The van der Waals surface area contributed by atoms with Crippen LogP contribution < -0.4 is 20.7 Å². The van der Waals surface area contributed by atoms with E-state index < -0.39 is 0 Å². The van der Waals surface area contributed by atoms with Gasteiger partial charge in [0.2, 0.25) is 5.95 Å². The molecular weight excluding hydrogens is 433 g/mol. The van der Waals surface area contributed by atoms with Gasteiger partial charge in [-0.25, -0.2) is 14.5 Å². The third kappa shape index (κ3) is 4.08. The van der Waals surface area contributed by atoms with Gasteiger partial charge >= 0.3 is 0 Å². The molecule has 0 amide bonds. The summed E-state index contributed by atoms with van der Waals surface area (Å²) in [5, 5.41) is 9.90. The summed E-state index contributed by atoms with van der Waals surface area (Å²) in [4.78, 5) is 26.2. The Labute approximate surface area is 197 Å². The van der Waals surface area contributed by atoms with E-state index in [1.165, 1.54) is 37.9 Å². The van der Waals surface area contributed by atoms with E-state index >= 15 is 4.39 Å². The van der Waals surface area contributed by atoms with Crippen LogP contribution in [0.25, 0.3) is 10.9 Å². The number of aromatic amines is 1. The van der Waals surface area contributed by atoms with E-state index in [4.69, 9.17) is 4.98 Å². The van der Waals surface area contributed by atoms with Gasteiger partial charge < -0.3 is 15.1 Å². The number of aromatic nitrogens is 4. The van der Waals surface area contributed by atoms with Crippen molar-refractivity contribution in [2.24, 2.45) is 5.41 Å². The summed E-state index contributed by atoms with van der Waals surface area (Å²) >= 11 is 0. The van der Waals surface area contributed by atoms with Crippen molar-refractivity contribution in [3.05, 3.63) is 40.6 Å². The normalized spacial score (nSPS) is 19.9. The zero-order valence-electron chi connectivity index (χ0n) is 19.3. The highest BCUT2D eigenvalue weighted by atomic mass is 19.1. The van der Waals surface area contributed by atoms with Crippen molar-refractivity contribution >= 4 is 34.0 Å². The van der Waals surface area contributed by atoms with Gasteiger partial charge in [0, 0.05) is 31.9 Å². The number of halogens is 1. The number of rotatable bonds is 4. The maximum absolute atomic E-state index is 15.2. The van der Waals surface area contributed by atoms with Gasteiger partial charge in [-0.3, -0.25) is 4.79 Å². The molecule has 6 rings (SSSR count). The summed E-state index contributed by atoms with van der Waals surface area (Å²) in [6.45, 7) is 3.56. The van der Waals surface area contributed by atoms with Gasteiger partial charge in [0.1, 0.15) is 22.5 Å². The largest absolute Gasteiger partial charge is 0.369 e. The van der Waals surface area contributed by atoms with Crippen LogP contribution in [0.3, 0.4) is 0 Å². The molecule has 3 aliphatic rings. The molecule has 2 aromatic heterocycles. The summed E-state index contributed by atoms with van der Waals surface area (Å²) in [6, 6.07) is 5.17. The molecule has 0 atom stereocenters. The van der Waals surface area contributed by atoms with Gasteiger partial charge in [0.15, 0.2) is 0 Å². The second-order valence-corrected chi connectivity index (χ2v) is 10.0. The lowest BCUT2D eigenvalue weighted by Crippen LogP contribution is -2.34. The lowest BCUT2D eigenvalue weighted by molar-refractivity contribution is 0.382. The van der Waals surface area contributed by atoms with Crippen LogP contribution in [0.4, 0.5) is 27.5 Å². The summed E-state index contributed by atoms with van der Waals surface area (Å²) in [7, 11) is 0. The summed E-state index contributed by atoms with van der Waals surface area (Å²) in [5.74, 6) is 0.677. The zero-order valence-corrected chi connectivity index (χ0v) is 19.3. The number of nitrogens with zero attached hydrogens (tertiary/aromatic N) is 5. The van der Waals surface area contributed by atoms with Crippen LogP contribution in [-0.2, 0) is 0 Å². The Hall–Kier alpha value is -3.23. The van der Waals surface area contributed by atoms with Crippen molar-refractivity contribution < 1.29 is 4.39 Å². The van der Waals surface area contributed by atoms with E-state index in [0.29, 0.717) is 39.5 Å². The predicted molar refractivity (Wildman–Crippen MR) is 131 cm³/mol. The van der Waals surface area contributed by atoms with Crippen molar-refractivity contribution in [3.8, 4) is 0 Å². The Kier molecular flexibility index (Phi) is 5.34.